The fourth-order valence-corrected chi connectivity index (χ4v) is 3.04. The average Bonchev–Trinajstić information content (AvgIpc) is 3.03. The molecule has 5 nitrogen and oxygen atoms in total. The summed E-state index contributed by atoms with van der Waals surface area (Å²) >= 11 is 0. The van der Waals surface area contributed by atoms with Crippen LogP contribution in [0.5, 0.6) is 0 Å². The second-order valence-electron chi connectivity index (χ2n) is 5.84. The number of carbonyl (C=O) groups excluding carboxylic acids is 2. The third-order valence-corrected chi connectivity index (χ3v) is 4.21. The zero-order chi connectivity index (χ0) is 16.2. The summed E-state index contributed by atoms with van der Waals surface area (Å²) in [5, 5.41) is 4.70. The molecule has 2 aromatic carbocycles. The predicted molar refractivity (Wildman–Crippen MR) is 89.1 cm³/mol. The van der Waals surface area contributed by atoms with E-state index in [0.29, 0.717) is 31.3 Å². The van der Waals surface area contributed by atoms with Crippen molar-refractivity contribution in [3.63, 3.8) is 0 Å². The van der Waals surface area contributed by atoms with Gasteiger partial charge in [-0.2, -0.15) is 0 Å². The largest absolute Gasteiger partial charge is 0.384 e. The molecule has 1 unspecified atom stereocenters. The highest BCUT2D eigenvalue weighted by molar-refractivity contribution is 6.40. The van der Waals surface area contributed by atoms with Gasteiger partial charge in [0.2, 0.25) is 0 Å². The molecule has 1 aliphatic heterocycles. The molecular formula is C18H20N2O3. The highest BCUT2D eigenvalue weighted by atomic mass is 16.5. The molecule has 2 aromatic rings. The molecule has 1 saturated heterocycles. The molecule has 0 bridgehead atoms. The van der Waals surface area contributed by atoms with Gasteiger partial charge in [-0.15, -0.1) is 0 Å². The van der Waals surface area contributed by atoms with Crippen LogP contribution in [-0.4, -0.2) is 43.5 Å². The zero-order valence-electron chi connectivity index (χ0n) is 13.1. The van der Waals surface area contributed by atoms with E-state index in [9.17, 15) is 9.59 Å². The van der Waals surface area contributed by atoms with Crippen LogP contribution in [-0.2, 0) is 14.3 Å². The van der Waals surface area contributed by atoms with Gasteiger partial charge in [-0.25, -0.2) is 0 Å². The highest BCUT2D eigenvalue weighted by Crippen LogP contribution is 2.23. The fourth-order valence-electron chi connectivity index (χ4n) is 3.04. The first kappa shape index (κ1) is 15.5. The van der Waals surface area contributed by atoms with Crippen LogP contribution >= 0.6 is 0 Å². The van der Waals surface area contributed by atoms with Gasteiger partial charge in [0.1, 0.15) is 0 Å². The molecule has 3 rings (SSSR count). The van der Waals surface area contributed by atoms with Crippen molar-refractivity contribution in [1.82, 2.24) is 4.90 Å². The molecule has 1 N–H and O–H groups in total. The lowest BCUT2D eigenvalue weighted by Crippen LogP contribution is -2.38. The SMILES string of the molecule is COCC1CCN(C(=O)C(=O)Nc2cccc3ccccc23)C1. The van der Waals surface area contributed by atoms with Gasteiger partial charge in [0, 0.05) is 37.2 Å². The molecular weight excluding hydrogens is 292 g/mol. The summed E-state index contributed by atoms with van der Waals surface area (Å²) in [5.41, 5.74) is 0.661. The minimum Gasteiger partial charge on any atom is -0.384 e. The maximum Gasteiger partial charge on any atom is 0.313 e. The Hall–Kier alpha value is -2.40. The van der Waals surface area contributed by atoms with Gasteiger partial charge in [0.15, 0.2) is 0 Å². The second-order valence-corrected chi connectivity index (χ2v) is 5.84. The van der Waals surface area contributed by atoms with Crippen LogP contribution in [0.4, 0.5) is 5.69 Å². The van der Waals surface area contributed by atoms with Gasteiger partial charge in [0.25, 0.3) is 0 Å². The van der Waals surface area contributed by atoms with Crippen LogP contribution in [0.15, 0.2) is 42.5 Å². The standard InChI is InChI=1S/C18H20N2O3/c1-23-12-13-9-10-20(11-13)18(22)17(21)19-16-8-4-6-14-5-2-3-7-15(14)16/h2-8,13H,9-12H2,1H3,(H,19,21). The minimum atomic E-state index is -0.584. The lowest BCUT2D eigenvalue weighted by molar-refractivity contribution is -0.142. The second kappa shape index (κ2) is 6.79. The van der Waals surface area contributed by atoms with Crippen molar-refractivity contribution >= 4 is 28.3 Å². The molecule has 1 heterocycles. The number of amides is 2. The van der Waals surface area contributed by atoms with Crippen molar-refractivity contribution in [2.75, 3.05) is 32.1 Å². The van der Waals surface area contributed by atoms with E-state index in [-0.39, 0.29) is 0 Å². The number of methoxy groups -OCH3 is 1. The molecule has 1 aliphatic rings. The first-order valence-electron chi connectivity index (χ1n) is 7.76. The Bertz CT molecular complexity index is 724. The van der Waals surface area contributed by atoms with Crippen molar-refractivity contribution in [3.8, 4) is 0 Å². The molecule has 2 amide bonds. The lowest BCUT2D eigenvalue weighted by Gasteiger charge is -2.16. The molecule has 120 valence electrons. The minimum absolute atomic E-state index is 0.314. The van der Waals surface area contributed by atoms with Crippen LogP contribution in [0.3, 0.4) is 0 Å². The summed E-state index contributed by atoms with van der Waals surface area (Å²) in [6.45, 7) is 1.81. The fraction of sp³-hybridized carbons (Fsp3) is 0.333. The maximum absolute atomic E-state index is 12.3. The van der Waals surface area contributed by atoms with E-state index in [2.05, 4.69) is 5.32 Å². The van der Waals surface area contributed by atoms with Crippen LogP contribution in [0.25, 0.3) is 10.8 Å². The Kier molecular flexibility index (Phi) is 4.57. The Labute approximate surface area is 135 Å². The molecule has 0 aromatic heterocycles. The van der Waals surface area contributed by atoms with Gasteiger partial charge < -0.3 is 15.0 Å². The number of ether oxygens (including phenoxy) is 1. The predicted octanol–water partition coefficient (Wildman–Crippen LogP) is 2.27. The van der Waals surface area contributed by atoms with Crippen molar-refractivity contribution in [2.45, 2.75) is 6.42 Å². The van der Waals surface area contributed by atoms with Crippen molar-refractivity contribution in [3.05, 3.63) is 42.5 Å². The Morgan fingerprint density at radius 2 is 2.00 bits per heavy atom. The molecule has 0 aliphatic carbocycles. The first-order chi connectivity index (χ1) is 11.2. The van der Waals surface area contributed by atoms with Gasteiger partial charge in [0.05, 0.1) is 6.61 Å². The molecule has 0 spiro atoms. The molecule has 0 radical (unpaired) electrons. The number of likely N-dealkylation sites (tertiary alicyclic amines) is 1. The quantitative estimate of drug-likeness (QED) is 0.885. The topological polar surface area (TPSA) is 58.6 Å². The van der Waals surface area contributed by atoms with Gasteiger partial charge in [-0.1, -0.05) is 36.4 Å². The first-order valence-corrected chi connectivity index (χ1v) is 7.76. The van der Waals surface area contributed by atoms with Crippen LogP contribution < -0.4 is 5.32 Å². The highest BCUT2D eigenvalue weighted by Gasteiger charge is 2.30. The van der Waals surface area contributed by atoms with E-state index < -0.39 is 11.8 Å². The number of benzene rings is 2. The Morgan fingerprint density at radius 1 is 1.22 bits per heavy atom. The van der Waals surface area contributed by atoms with E-state index in [1.165, 1.54) is 0 Å². The number of hydrogen-bond donors (Lipinski definition) is 1. The monoisotopic (exact) mass is 312 g/mol. The number of nitrogens with one attached hydrogen (secondary N) is 1. The Balaban J connectivity index is 1.70. The molecule has 23 heavy (non-hydrogen) atoms. The summed E-state index contributed by atoms with van der Waals surface area (Å²) < 4.78 is 5.12. The van der Waals surface area contributed by atoms with Crippen molar-refractivity contribution in [1.29, 1.82) is 0 Å². The summed E-state index contributed by atoms with van der Waals surface area (Å²) in [6.07, 6.45) is 0.876. The van der Waals surface area contributed by atoms with Crippen molar-refractivity contribution < 1.29 is 14.3 Å². The Morgan fingerprint density at radius 3 is 2.83 bits per heavy atom. The molecule has 1 fully saturated rings. The average molecular weight is 312 g/mol. The normalized spacial score (nSPS) is 17.4. The number of anilines is 1. The number of hydrogen-bond acceptors (Lipinski definition) is 3. The number of rotatable bonds is 3. The van der Waals surface area contributed by atoms with Gasteiger partial charge >= 0.3 is 11.8 Å². The van der Waals surface area contributed by atoms with E-state index in [1.54, 1.807) is 12.0 Å². The summed E-state index contributed by atoms with van der Waals surface area (Å²) in [6, 6.07) is 13.4. The van der Waals surface area contributed by atoms with Crippen LogP contribution in [0.2, 0.25) is 0 Å². The third kappa shape index (κ3) is 3.35. The number of carbonyl (C=O) groups is 2. The van der Waals surface area contributed by atoms with E-state index in [1.807, 2.05) is 42.5 Å². The molecule has 5 heteroatoms. The molecule has 0 saturated carbocycles. The summed E-state index contributed by atoms with van der Waals surface area (Å²) in [7, 11) is 1.65. The van der Waals surface area contributed by atoms with Gasteiger partial charge in [-0.3, -0.25) is 9.59 Å². The lowest BCUT2D eigenvalue weighted by atomic mass is 10.1. The molecule has 1 atom stereocenters. The van der Waals surface area contributed by atoms with E-state index >= 15 is 0 Å². The summed E-state index contributed by atoms with van der Waals surface area (Å²) in [4.78, 5) is 26.2. The van der Waals surface area contributed by atoms with Crippen molar-refractivity contribution in [2.24, 2.45) is 5.92 Å². The van der Waals surface area contributed by atoms with Gasteiger partial charge in [-0.05, 0) is 17.9 Å². The van der Waals surface area contributed by atoms with E-state index in [0.717, 1.165) is 17.2 Å². The number of fused-ring (bicyclic) bond motifs is 1. The third-order valence-electron chi connectivity index (χ3n) is 4.21. The number of nitrogens with zero attached hydrogens (tertiary/aromatic N) is 1. The summed E-state index contributed by atoms with van der Waals surface area (Å²) in [5.74, 6) is -0.745. The zero-order valence-corrected chi connectivity index (χ0v) is 13.1. The smallest absolute Gasteiger partial charge is 0.313 e. The maximum atomic E-state index is 12.3. The van der Waals surface area contributed by atoms with E-state index in [4.69, 9.17) is 4.74 Å². The van der Waals surface area contributed by atoms with Crippen LogP contribution in [0, 0.1) is 5.92 Å². The van der Waals surface area contributed by atoms with Crippen LogP contribution in [0.1, 0.15) is 6.42 Å².